The second-order valence-electron chi connectivity index (χ2n) is 7.11. The fourth-order valence-electron chi connectivity index (χ4n) is 3.58. The number of carbonyl (C=O) groups excluding carboxylic acids is 2. The van der Waals surface area contributed by atoms with E-state index in [4.69, 9.17) is 11.6 Å². The van der Waals surface area contributed by atoms with E-state index in [2.05, 4.69) is 5.32 Å². The summed E-state index contributed by atoms with van der Waals surface area (Å²) in [5.74, 6) is -0.605. The summed E-state index contributed by atoms with van der Waals surface area (Å²) in [6.45, 7) is 2.08. The summed E-state index contributed by atoms with van der Waals surface area (Å²) in [6, 6.07) is 4.88. The minimum atomic E-state index is -3.23. The van der Waals surface area contributed by atoms with Crippen LogP contribution in [0.1, 0.15) is 36.0 Å². The number of hydrogen-bond acceptors (Lipinski definition) is 4. The molecule has 148 valence electrons. The average molecular weight is 414 g/mol. The molecule has 0 bridgehead atoms. The topological polar surface area (TPSA) is 86.8 Å². The van der Waals surface area contributed by atoms with Crippen LogP contribution in [0.15, 0.2) is 18.2 Å². The molecule has 1 aromatic rings. The largest absolute Gasteiger partial charge is 0.339 e. The van der Waals surface area contributed by atoms with Crippen molar-refractivity contribution < 1.29 is 18.0 Å². The summed E-state index contributed by atoms with van der Waals surface area (Å²) in [7, 11) is -3.23. The normalized spacial score (nSPS) is 19.3. The molecule has 0 saturated carbocycles. The van der Waals surface area contributed by atoms with Crippen LogP contribution in [0.5, 0.6) is 0 Å². The molecular weight excluding hydrogens is 390 g/mol. The first-order chi connectivity index (χ1) is 12.8. The second-order valence-corrected chi connectivity index (χ2v) is 9.53. The molecule has 2 aliphatic heterocycles. The lowest BCUT2D eigenvalue weighted by Crippen LogP contribution is -2.41. The van der Waals surface area contributed by atoms with Crippen molar-refractivity contribution in [3.05, 3.63) is 28.8 Å². The van der Waals surface area contributed by atoms with Gasteiger partial charge in [0.05, 0.1) is 17.5 Å². The number of benzene rings is 1. The van der Waals surface area contributed by atoms with Gasteiger partial charge in [-0.25, -0.2) is 12.7 Å². The van der Waals surface area contributed by atoms with Gasteiger partial charge in [0, 0.05) is 37.1 Å². The van der Waals surface area contributed by atoms with Gasteiger partial charge in [0.15, 0.2) is 0 Å². The van der Waals surface area contributed by atoms with E-state index in [0.29, 0.717) is 55.3 Å². The van der Waals surface area contributed by atoms with Crippen molar-refractivity contribution in [3.63, 3.8) is 0 Å². The predicted octanol–water partition coefficient (Wildman–Crippen LogP) is 2.19. The highest BCUT2D eigenvalue weighted by Gasteiger charge is 2.30. The van der Waals surface area contributed by atoms with Crippen molar-refractivity contribution in [2.45, 2.75) is 25.7 Å². The van der Waals surface area contributed by atoms with Crippen LogP contribution in [-0.2, 0) is 14.8 Å². The lowest BCUT2D eigenvalue weighted by molar-refractivity contribution is -0.120. The number of nitrogens with one attached hydrogen (secondary N) is 1. The van der Waals surface area contributed by atoms with Crippen LogP contribution in [0.4, 0.5) is 5.69 Å². The highest BCUT2D eigenvalue weighted by molar-refractivity contribution is 7.88. The van der Waals surface area contributed by atoms with Crippen LogP contribution in [-0.4, -0.2) is 61.9 Å². The van der Waals surface area contributed by atoms with Gasteiger partial charge in [-0.1, -0.05) is 11.6 Å². The van der Waals surface area contributed by atoms with E-state index in [1.807, 2.05) is 0 Å². The molecule has 0 atom stereocenters. The molecule has 0 unspecified atom stereocenters. The lowest BCUT2D eigenvalue weighted by Gasteiger charge is -2.29. The minimum Gasteiger partial charge on any atom is -0.339 e. The zero-order valence-corrected chi connectivity index (χ0v) is 16.9. The molecule has 9 heteroatoms. The maximum atomic E-state index is 12.8. The van der Waals surface area contributed by atoms with Gasteiger partial charge in [0.1, 0.15) is 0 Å². The molecule has 2 saturated heterocycles. The standard InChI is InChI=1S/C18H24ClN3O4S/c1-27(25,26)22-10-6-13(7-11-22)17(23)20-16-5-4-14(19)12-15(16)18(24)21-8-2-3-9-21/h4-5,12-13H,2-3,6-11H2,1H3,(H,20,23). The van der Waals surface area contributed by atoms with Crippen LogP contribution < -0.4 is 5.32 Å². The Morgan fingerprint density at radius 2 is 1.74 bits per heavy atom. The number of carbonyl (C=O) groups is 2. The summed E-state index contributed by atoms with van der Waals surface area (Å²) < 4.78 is 24.6. The van der Waals surface area contributed by atoms with Gasteiger partial charge >= 0.3 is 0 Å². The van der Waals surface area contributed by atoms with Crippen molar-refractivity contribution in [3.8, 4) is 0 Å². The summed E-state index contributed by atoms with van der Waals surface area (Å²) >= 11 is 6.07. The van der Waals surface area contributed by atoms with Crippen LogP contribution in [0.25, 0.3) is 0 Å². The van der Waals surface area contributed by atoms with Crippen molar-refractivity contribution >= 4 is 39.1 Å². The lowest BCUT2D eigenvalue weighted by atomic mass is 9.97. The molecule has 7 nitrogen and oxygen atoms in total. The third-order valence-corrected chi connectivity index (χ3v) is 6.70. The van der Waals surface area contributed by atoms with Crippen LogP contribution >= 0.6 is 11.6 Å². The molecular formula is C18H24ClN3O4S. The highest BCUT2D eigenvalue weighted by atomic mass is 35.5. The number of sulfonamides is 1. The predicted molar refractivity (Wildman–Crippen MR) is 104 cm³/mol. The van der Waals surface area contributed by atoms with Gasteiger partial charge < -0.3 is 10.2 Å². The molecule has 2 fully saturated rings. The second kappa shape index (κ2) is 8.16. The number of anilines is 1. The number of amides is 2. The van der Waals surface area contributed by atoms with E-state index < -0.39 is 10.0 Å². The number of likely N-dealkylation sites (tertiary alicyclic amines) is 1. The molecule has 1 aromatic carbocycles. The number of piperidine rings is 1. The first-order valence-corrected chi connectivity index (χ1v) is 11.3. The molecule has 2 amide bonds. The number of hydrogen-bond donors (Lipinski definition) is 1. The molecule has 0 radical (unpaired) electrons. The van der Waals surface area contributed by atoms with E-state index in [1.54, 1.807) is 23.1 Å². The van der Waals surface area contributed by atoms with Crippen LogP contribution in [0.3, 0.4) is 0 Å². The van der Waals surface area contributed by atoms with E-state index in [9.17, 15) is 18.0 Å². The van der Waals surface area contributed by atoms with Gasteiger partial charge in [-0.2, -0.15) is 0 Å². The molecule has 3 rings (SSSR count). The number of nitrogens with zero attached hydrogens (tertiary/aromatic N) is 2. The minimum absolute atomic E-state index is 0.128. The Kier molecular flexibility index (Phi) is 6.08. The quantitative estimate of drug-likeness (QED) is 0.819. The Labute approximate surface area is 164 Å². The monoisotopic (exact) mass is 413 g/mol. The molecule has 27 heavy (non-hydrogen) atoms. The number of halogens is 1. The van der Waals surface area contributed by atoms with E-state index in [1.165, 1.54) is 10.6 Å². The molecule has 0 spiro atoms. The van der Waals surface area contributed by atoms with Gasteiger partial charge in [0.2, 0.25) is 15.9 Å². The van der Waals surface area contributed by atoms with Crippen LogP contribution in [0, 0.1) is 5.92 Å². The fourth-order valence-corrected chi connectivity index (χ4v) is 4.62. The third kappa shape index (κ3) is 4.80. The van der Waals surface area contributed by atoms with Crippen molar-refractivity contribution in [1.82, 2.24) is 9.21 Å². The third-order valence-electron chi connectivity index (χ3n) is 5.16. The average Bonchev–Trinajstić information content (AvgIpc) is 3.16. The highest BCUT2D eigenvalue weighted by Crippen LogP contribution is 2.26. The van der Waals surface area contributed by atoms with E-state index >= 15 is 0 Å². The summed E-state index contributed by atoms with van der Waals surface area (Å²) in [5, 5.41) is 3.29. The summed E-state index contributed by atoms with van der Waals surface area (Å²) in [5.41, 5.74) is 0.846. The molecule has 2 aliphatic rings. The van der Waals surface area contributed by atoms with Crippen molar-refractivity contribution in [2.24, 2.45) is 5.92 Å². The van der Waals surface area contributed by atoms with Gasteiger partial charge in [-0.05, 0) is 43.9 Å². The Balaban J connectivity index is 1.70. The first-order valence-electron chi connectivity index (χ1n) is 9.10. The Morgan fingerprint density at radius 3 is 2.33 bits per heavy atom. The maximum absolute atomic E-state index is 12.8. The molecule has 1 N–H and O–H groups in total. The van der Waals surface area contributed by atoms with E-state index in [-0.39, 0.29) is 17.7 Å². The Hall–Kier alpha value is -1.64. The maximum Gasteiger partial charge on any atom is 0.256 e. The molecule has 2 heterocycles. The van der Waals surface area contributed by atoms with E-state index in [0.717, 1.165) is 12.8 Å². The van der Waals surface area contributed by atoms with Crippen molar-refractivity contribution in [2.75, 3.05) is 37.8 Å². The Bertz CT molecular complexity index is 829. The smallest absolute Gasteiger partial charge is 0.256 e. The van der Waals surface area contributed by atoms with Gasteiger partial charge in [-0.3, -0.25) is 9.59 Å². The molecule has 0 aliphatic carbocycles. The van der Waals surface area contributed by atoms with Gasteiger partial charge in [-0.15, -0.1) is 0 Å². The fraction of sp³-hybridized carbons (Fsp3) is 0.556. The number of rotatable bonds is 4. The summed E-state index contributed by atoms with van der Waals surface area (Å²) in [4.78, 5) is 27.2. The first kappa shape index (κ1) is 20.1. The molecule has 0 aromatic heterocycles. The zero-order valence-electron chi connectivity index (χ0n) is 15.3. The van der Waals surface area contributed by atoms with Crippen LogP contribution in [0.2, 0.25) is 5.02 Å². The summed E-state index contributed by atoms with van der Waals surface area (Å²) in [6.07, 6.45) is 4.06. The zero-order chi connectivity index (χ0) is 19.6. The van der Waals surface area contributed by atoms with Gasteiger partial charge in [0.25, 0.3) is 5.91 Å². The van der Waals surface area contributed by atoms with Crippen molar-refractivity contribution in [1.29, 1.82) is 0 Å². The Morgan fingerprint density at radius 1 is 1.11 bits per heavy atom. The SMILES string of the molecule is CS(=O)(=O)N1CCC(C(=O)Nc2ccc(Cl)cc2C(=O)N2CCCC2)CC1.